The molecule has 3 N–H and O–H groups in total. The van der Waals surface area contributed by atoms with Crippen molar-refractivity contribution in [1.29, 1.82) is 0 Å². The van der Waals surface area contributed by atoms with Crippen LogP contribution in [0, 0.1) is 5.92 Å². The van der Waals surface area contributed by atoms with E-state index < -0.39 is 11.2 Å². The normalized spacial score (nSPS) is 25.7. The number of rotatable bonds is 4. The smallest absolute Gasteiger partial charge is 0.152 e. The highest BCUT2D eigenvalue weighted by Gasteiger charge is 2.18. The molecule has 0 saturated heterocycles. The number of anilines is 1. The molecule has 0 aliphatic heterocycles. The van der Waals surface area contributed by atoms with Gasteiger partial charge >= 0.3 is 0 Å². The minimum atomic E-state index is -0.891. The van der Waals surface area contributed by atoms with E-state index in [0.29, 0.717) is 6.04 Å². The number of benzene rings is 1. The van der Waals surface area contributed by atoms with Crippen molar-refractivity contribution < 1.29 is 4.55 Å². The van der Waals surface area contributed by atoms with E-state index in [-0.39, 0.29) is 0 Å². The molecule has 1 aromatic carbocycles. The molecule has 1 saturated carbocycles. The molecule has 1 atom stereocenters. The van der Waals surface area contributed by atoms with Gasteiger partial charge in [0.05, 0.1) is 0 Å². The van der Waals surface area contributed by atoms with Crippen LogP contribution in [0.3, 0.4) is 0 Å². The topological polar surface area (TPSA) is 61.1 Å². The SMILES string of the molecule is C[S+]([O-])c1ccc(NC[C@H]2CC[C@H](N)CC2)cc1. The maximum atomic E-state index is 11.3. The van der Waals surface area contributed by atoms with E-state index in [2.05, 4.69) is 5.32 Å². The number of hydrogen-bond donors (Lipinski definition) is 2. The van der Waals surface area contributed by atoms with Crippen molar-refractivity contribution in [1.82, 2.24) is 0 Å². The molecule has 18 heavy (non-hydrogen) atoms. The average molecular weight is 266 g/mol. The minimum Gasteiger partial charge on any atom is -0.612 e. The molecule has 0 bridgehead atoms. The quantitative estimate of drug-likeness (QED) is 0.822. The fourth-order valence-electron chi connectivity index (χ4n) is 2.42. The van der Waals surface area contributed by atoms with E-state index in [4.69, 9.17) is 5.73 Å². The summed E-state index contributed by atoms with van der Waals surface area (Å²) in [7, 11) is 0. The number of hydrogen-bond acceptors (Lipinski definition) is 3. The Morgan fingerprint density at radius 1 is 1.22 bits per heavy atom. The lowest BCUT2D eigenvalue weighted by molar-refractivity contribution is 0.339. The van der Waals surface area contributed by atoms with Crippen LogP contribution < -0.4 is 11.1 Å². The maximum Gasteiger partial charge on any atom is 0.152 e. The standard InChI is InChI=1S/C14H22N2OS/c1-18(17)14-8-6-13(7-9-14)16-10-11-2-4-12(15)5-3-11/h6-9,11-12,16H,2-5,10,15H2,1H3/t11-,12-,18?. The van der Waals surface area contributed by atoms with Crippen molar-refractivity contribution in [2.45, 2.75) is 36.6 Å². The highest BCUT2D eigenvalue weighted by Crippen LogP contribution is 2.23. The van der Waals surface area contributed by atoms with Crippen molar-refractivity contribution in [2.24, 2.45) is 11.7 Å². The van der Waals surface area contributed by atoms with Crippen LogP contribution in [0.1, 0.15) is 25.7 Å². The molecular formula is C14H22N2OS. The van der Waals surface area contributed by atoms with Crippen molar-refractivity contribution in [3.8, 4) is 0 Å². The van der Waals surface area contributed by atoms with Gasteiger partial charge in [0.15, 0.2) is 4.90 Å². The van der Waals surface area contributed by atoms with Gasteiger partial charge in [0.2, 0.25) is 0 Å². The van der Waals surface area contributed by atoms with Gasteiger partial charge in [0.1, 0.15) is 6.26 Å². The largest absolute Gasteiger partial charge is 0.612 e. The molecule has 1 aliphatic rings. The summed E-state index contributed by atoms with van der Waals surface area (Å²) in [6.07, 6.45) is 6.46. The molecule has 0 amide bonds. The Balaban J connectivity index is 1.79. The van der Waals surface area contributed by atoms with E-state index in [0.717, 1.165) is 35.9 Å². The van der Waals surface area contributed by atoms with Crippen LogP contribution in [0.2, 0.25) is 0 Å². The van der Waals surface area contributed by atoms with Gasteiger partial charge in [0, 0.05) is 18.3 Å². The van der Waals surface area contributed by atoms with Gasteiger partial charge < -0.3 is 15.6 Å². The zero-order chi connectivity index (χ0) is 13.0. The molecule has 1 fully saturated rings. The van der Waals surface area contributed by atoms with Crippen LogP contribution in [-0.2, 0) is 11.2 Å². The van der Waals surface area contributed by atoms with Crippen LogP contribution in [0.5, 0.6) is 0 Å². The van der Waals surface area contributed by atoms with Gasteiger partial charge in [-0.3, -0.25) is 0 Å². The molecule has 1 aliphatic carbocycles. The molecule has 0 heterocycles. The fraction of sp³-hybridized carbons (Fsp3) is 0.571. The lowest BCUT2D eigenvalue weighted by atomic mass is 9.86. The zero-order valence-electron chi connectivity index (χ0n) is 10.9. The van der Waals surface area contributed by atoms with Crippen molar-refractivity contribution in [3.05, 3.63) is 24.3 Å². The van der Waals surface area contributed by atoms with Gasteiger partial charge in [0.25, 0.3) is 0 Å². The van der Waals surface area contributed by atoms with Gasteiger partial charge in [-0.25, -0.2) is 0 Å². The van der Waals surface area contributed by atoms with E-state index in [1.54, 1.807) is 6.26 Å². The first-order valence-electron chi connectivity index (χ1n) is 6.58. The molecule has 1 unspecified atom stereocenters. The summed E-state index contributed by atoms with van der Waals surface area (Å²) in [5.41, 5.74) is 7.01. The Morgan fingerprint density at radius 2 is 1.83 bits per heavy atom. The zero-order valence-corrected chi connectivity index (χ0v) is 11.7. The Labute approximate surface area is 112 Å². The van der Waals surface area contributed by atoms with Crippen LogP contribution in [0.25, 0.3) is 0 Å². The summed E-state index contributed by atoms with van der Waals surface area (Å²) < 4.78 is 11.3. The van der Waals surface area contributed by atoms with Crippen molar-refractivity contribution in [3.63, 3.8) is 0 Å². The Kier molecular flexibility index (Phi) is 4.92. The second-order valence-corrected chi connectivity index (χ2v) is 6.52. The predicted octanol–water partition coefficient (Wildman–Crippen LogP) is 2.35. The maximum absolute atomic E-state index is 11.3. The molecule has 0 spiro atoms. The van der Waals surface area contributed by atoms with Gasteiger partial charge in [-0.1, -0.05) is 0 Å². The lowest BCUT2D eigenvalue weighted by Crippen LogP contribution is -2.29. The van der Waals surface area contributed by atoms with E-state index in [1.165, 1.54) is 12.8 Å². The summed E-state index contributed by atoms with van der Waals surface area (Å²) >= 11 is -0.891. The summed E-state index contributed by atoms with van der Waals surface area (Å²) in [6.45, 7) is 1.02. The molecule has 0 aromatic heterocycles. The van der Waals surface area contributed by atoms with Gasteiger partial charge in [-0.05, 0) is 67.0 Å². The molecule has 3 nitrogen and oxygen atoms in total. The van der Waals surface area contributed by atoms with Crippen molar-refractivity contribution >= 4 is 16.9 Å². The summed E-state index contributed by atoms with van der Waals surface area (Å²) in [4.78, 5) is 0.879. The van der Waals surface area contributed by atoms with Crippen LogP contribution in [-0.4, -0.2) is 23.4 Å². The summed E-state index contributed by atoms with van der Waals surface area (Å²) in [5, 5.41) is 3.46. The Hall–Kier alpha value is -0.710. The second kappa shape index (κ2) is 6.45. The molecule has 100 valence electrons. The number of nitrogens with two attached hydrogens (primary N) is 1. The first kappa shape index (κ1) is 13.7. The minimum absolute atomic E-state index is 0.417. The molecule has 1 aromatic rings. The van der Waals surface area contributed by atoms with E-state index in [9.17, 15) is 4.55 Å². The van der Waals surface area contributed by atoms with Crippen LogP contribution in [0.4, 0.5) is 5.69 Å². The van der Waals surface area contributed by atoms with Gasteiger partial charge in [-0.15, -0.1) is 0 Å². The van der Waals surface area contributed by atoms with Crippen LogP contribution in [0.15, 0.2) is 29.2 Å². The lowest BCUT2D eigenvalue weighted by Gasteiger charge is -2.26. The first-order valence-corrected chi connectivity index (χ1v) is 8.14. The molecule has 2 rings (SSSR count). The Bertz CT molecular complexity index is 359. The monoisotopic (exact) mass is 266 g/mol. The third kappa shape index (κ3) is 3.90. The second-order valence-electron chi connectivity index (χ2n) is 5.14. The Morgan fingerprint density at radius 3 is 2.39 bits per heavy atom. The van der Waals surface area contributed by atoms with E-state index in [1.807, 2.05) is 24.3 Å². The average Bonchev–Trinajstić information content (AvgIpc) is 2.38. The molecule has 4 heteroatoms. The molecule has 0 radical (unpaired) electrons. The summed E-state index contributed by atoms with van der Waals surface area (Å²) in [5.74, 6) is 0.741. The third-order valence-corrected chi connectivity index (χ3v) is 4.61. The van der Waals surface area contributed by atoms with Gasteiger partial charge in [-0.2, -0.15) is 0 Å². The predicted molar refractivity (Wildman–Crippen MR) is 77.2 cm³/mol. The number of nitrogens with one attached hydrogen (secondary N) is 1. The van der Waals surface area contributed by atoms with Crippen LogP contribution >= 0.6 is 0 Å². The highest BCUT2D eigenvalue weighted by atomic mass is 32.2. The third-order valence-electron chi connectivity index (χ3n) is 3.67. The van der Waals surface area contributed by atoms with Crippen molar-refractivity contribution in [2.75, 3.05) is 18.1 Å². The first-order chi connectivity index (χ1) is 8.65. The molecular weight excluding hydrogens is 244 g/mol. The highest BCUT2D eigenvalue weighted by molar-refractivity contribution is 7.90. The summed E-state index contributed by atoms with van der Waals surface area (Å²) in [6, 6.07) is 8.28. The van der Waals surface area contributed by atoms with E-state index >= 15 is 0 Å². The fourth-order valence-corrected chi connectivity index (χ4v) is 2.94.